The first kappa shape index (κ1) is 15.1. The van der Waals surface area contributed by atoms with Crippen LogP contribution in [0.5, 0.6) is 0 Å². The highest BCUT2D eigenvalue weighted by Crippen LogP contribution is 2.26. The van der Waals surface area contributed by atoms with E-state index in [0.29, 0.717) is 18.4 Å². The molecule has 21 heavy (non-hydrogen) atoms. The Labute approximate surface area is 122 Å². The molecule has 2 N–H and O–H groups in total. The number of nitrogens with one attached hydrogen (secondary N) is 1. The van der Waals surface area contributed by atoms with Crippen LogP contribution in [-0.4, -0.2) is 22.5 Å². The predicted octanol–water partition coefficient (Wildman–Crippen LogP) is 3.11. The van der Waals surface area contributed by atoms with Gasteiger partial charge in [-0.05, 0) is 25.8 Å². The molecule has 0 unspecified atom stereocenters. The lowest BCUT2D eigenvalue weighted by Crippen LogP contribution is -2.53. The molecule has 1 heterocycles. The molecule has 0 saturated carbocycles. The summed E-state index contributed by atoms with van der Waals surface area (Å²) in [5.41, 5.74) is 0.0753. The molecular weight excluding hydrogens is 270 g/mol. The van der Waals surface area contributed by atoms with Gasteiger partial charge in [0.25, 0.3) is 5.91 Å². The Morgan fingerprint density at radius 1 is 1.24 bits per heavy atom. The van der Waals surface area contributed by atoms with Gasteiger partial charge in [0.1, 0.15) is 11.1 Å². The van der Waals surface area contributed by atoms with Gasteiger partial charge in [0.15, 0.2) is 5.76 Å². The molecule has 1 amide bonds. The molecule has 2 aromatic rings. The number of hydrogen-bond donors (Lipinski definition) is 2. The third-order valence-corrected chi connectivity index (χ3v) is 4.02. The number of aryl methyl sites for hydroxylation is 1. The van der Waals surface area contributed by atoms with E-state index in [4.69, 9.17) is 4.42 Å². The molecule has 5 heteroatoms. The van der Waals surface area contributed by atoms with E-state index in [9.17, 15) is 14.7 Å². The van der Waals surface area contributed by atoms with Crippen molar-refractivity contribution in [1.29, 1.82) is 0 Å². The zero-order valence-corrected chi connectivity index (χ0v) is 12.4. The zero-order chi connectivity index (χ0) is 15.6. The first-order chi connectivity index (χ1) is 9.95. The normalized spacial score (nSPS) is 11.6. The highest BCUT2D eigenvalue weighted by molar-refractivity contribution is 6.01. The highest BCUT2D eigenvalue weighted by Gasteiger charge is 2.37. The van der Waals surface area contributed by atoms with E-state index in [-0.39, 0.29) is 5.76 Å². The van der Waals surface area contributed by atoms with Crippen LogP contribution in [0.15, 0.2) is 28.7 Å². The fourth-order valence-electron chi connectivity index (χ4n) is 2.45. The molecule has 0 aliphatic rings. The lowest BCUT2D eigenvalue weighted by atomic mass is 9.92. The molecule has 5 nitrogen and oxygen atoms in total. The maximum absolute atomic E-state index is 12.4. The summed E-state index contributed by atoms with van der Waals surface area (Å²) in [6, 6.07) is 7.34. The van der Waals surface area contributed by atoms with Crippen molar-refractivity contribution in [2.45, 2.75) is 39.2 Å². The van der Waals surface area contributed by atoms with E-state index in [2.05, 4.69) is 5.32 Å². The van der Waals surface area contributed by atoms with Gasteiger partial charge in [-0.1, -0.05) is 32.0 Å². The van der Waals surface area contributed by atoms with E-state index in [1.54, 1.807) is 26.8 Å². The van der Waals surface area contributed by atoms with Crippen LogP contribution in [0, 0.1) is 6.92 Å². The van der Waals surface area contributed by atoms with Gasteiger partial charge in [-0.25, -0.2) is 4.79 Å². The Morgan fingerprint density at radius 3 is 2.38 bits per heavy atom. The number of aliphatic carboxylic acids is 1. The van der Waals surface area contributed by atoms with Crippen molar-refractivity contribution < 1.29 is 19.1 Å². The lowest BCUT2D eigenvalue weighted by Gasteiger charge is -2.27. The maximum Gasteiger partial charge on any atom is 0.329 e. The summed E-state index contributed by atoms with van der Waals surface area (Å²) in [6.07, 6.45) is 0.619. The van der Waals surface area contributed by atoms with Gasteiger partial charge < -0.3 is 14.8 Å². The third-order valence-electron chi connectivity index (χ3n) is 4.02. The molecule has 1 aromatic heterocycles. The molecule has 0 saturated heterocycles. The smallest absolute Gasteiger partial charge is 0.329 e. The summed E-state index contributed by atoms with van der Waals surface area (Å²) in [4.78, 5) is 23.9. The molecule has 0 aliphatic heterocycles. The first-order valence-corrected chi connectivity index (χ1v) is 6.99. The van der Waals surface area contributed by atoms with Gasteiger partial charge in [0.05, 0.1) is 0 Å². The number of para-hydroxylation sites is 1. The van der Waals surface area contributed by atoms with Crippen LogP contribution in [-0.2, 0) is 4.79 Å². The van der Waals surface area contributed by atoms with Crippen LogP contribution < -0.4 is 5.32 Å². The van der Waals surface area contributed by atoms with Gasteiger partial charge in [-0.3, -0.25) is 4.79 Å². The molecule has 1 aromatic carbocycles. The summed E-state index contributed by atoms with van der Waals surface area (Å²) in [7, 11) is 0. The van der Waals surface area contributed by atoms with Gasteiger partial charge in [-0.2, -0.15) is 0 Å². The van der Waals surface area contributed by atoms with Crippen molar-refractivity contribution in [1.82, 2.24) is 5.32 Å². The van der Waals surface area contributed by atoms with Gasteiger partial charge in [0.2, 0.25) is 0 Å². The number of fused-ring (bicyclic) bond motifs is 1. The Hall–Kier alpha value is -2.30. The Morgan fingerprint density at radius 2 is 1.86 bits per heavy atom. The monoisotopic (exact) mass is 289 g/mol. The number of furan rings is 1. The Bertz CT molecular complexity index is 683. The number of benzene rings is 1. The van der Waals surface area contributed by atoms with Gasteiger partial charge in [0, 0.05) is 10.9 Å². The molecule has 0 spiro atoms. The average Bonchev–Trinajstić information content (AvgIpc) is 2.82. The second-order valence-electron chi connectivity index (χ2n) is 5.10. The summed E-state index contributed by atoms with van der Waals surface area (Å²) in [5, 5.41) is 12.9. The van der Waals surface area contributed by atoms with Gasteiger partial charge in [-0.15, -0.1) is 0 Å². The van der Waals surface area contributed by atoms with E-state index < -0.39 is 17.4 Å². The van der Waals surface area contributed by atoms with Crippen LogP contribution in [0.25, 0.3) is 11.0 Å². The zero-order valence-electron chi connectivity index (χ0n) is 12.4. The number of amides is 1. The minimum absolute atomic E-state index is 0.170. The minimum Gasteiger partial charge on any atom is -0.480 e. The van der Waals surface area contributed by atoms with Crippen molar-refractivity contribution in [3.63, 3.8) is 0 Å². The second kappa shape index (κ2) is 5.60. The number of carbonyl (C=O) groups excluding carboxylic acids is 1. The largest absolute Gasteiger partial charge is 0.480 e. The number of carbonyl (C=O) groups is 2. The summed E-state index contributed by atoms with van der Waals surface area (Å²) >= 11 is 0. The van der Waals surface area contributed by atoms with E-state index >= 15 is 0 Å². The van der Waals surface area contributed by atoms with Crippen LogP contribution in [0.2, 0.25) is 0 Å². The predicted molar refractivity (Wildman–Crippen MR) is 79.4 cm³/mol. The fraction of sp³-hybridized carbons (Fsp3) is 0.375. The summed E-state index contributed by atoms with van der Waals surface area (Å²) in [5.74, 6) is -1.35. The standard InChI is InChI=1S/C16H19NO4/c1-4-16(5-2,15(19)20)17-14(18)13-10(3)11-8-6-7-9-12(11)21-13/h6-9H,4-5H2,1-3H3,(H,17,18)(H,19,20). The lowest BCUT2D eigenvalue weighted by molar-refractivity contribution is -0.144. The van der Waals surface area contributed by atoms with Crippen molar-refractivity contribution in [3.8, 4) is 0 Å². The molecule has 112 valence electrons. The van der Waals surface area contributed by atoms with Crippen LogP contribution >= 0.6 is 0 Å². The SMILES string of the molecule is CCC(CC)(NC(=O)c1oc2ccccc2c1C)C(=O)O. The first-order valence-electron chi connectivity index (χ1n) is 6.99. The number of carboxylic acids is 1. The van der Waals surface area contributed by atoms with Gasteiger partial charge >= 0.3 is 5.97 Å². The van der Waals surface area contributed by atoms with Crippen molar-refractivity contribution in [2.24, 2.45) is 0 Å². The van der Waals surface area contributed by atoms with Crippen LogP contribution in [0.3, 0.4) is 0 Å². The van der Waals surface area contributed by atoms with Crippen molar-refractivity contribution in [2.75, 3.05) is 0 Å². The van der Waals surface area contributed by atoms with E-state index in [1.807, 2.05) is 18.2 Å². The topological polar surface area (TPSA) is 79.5 Å². The number of hydrogen-bond acceptors (Lipinski definition) is 3. The summed E-state index contributed by atoms with van der Waals surface area (Å²) < 4.78 is 5.57. The molecular formula is C16H19NO4. The van der Waals surface area contributed by atoms with E-state index in [0.717, 1.165) is 10.9 Å². The molecule has 0 fully saturated rings. The van der Waals surface area contributed by atoms with E-state index in [1.165, 1.54) is 0 Å². The van der Waals surface area contributed by atoms with Crippen molar-refractivity contribution >= 4 is 22.8 Å². The molecule has 0 aliphatic carbocycles. The average molecular weight is 289 g/mol. The number of rotatable bonds is 5. The Balaban J connectivity index is 2.38. The molecule has 2 rings (SSSR count). The molecule has 0 atom stereocenters. The highest BCUT2D eigenvalue weighted by atomic mass is 16.4. The Kier molecular flexibility index (Phi) is 4.02. The fourth-order valence-corrected chi connectivity index (χ4v) is 2.45. The quantitative estimate of drug-likeness (QED) is 0.886. The number of carboxylic acid groups (broad SMARTS) is 1. The van der Waals surface area contributed by atoms with Crippen molar-refractivity contribution in [3.05, 3.63) is 35.6 Å². The molecule has 0 radical (unpaired) electrons. The second-order valence-corrected chi connectivity index (χ2v) is 5.10. The van der Waals surface area contributed by atoms with Crippen LogP contribution in [0.1, 0.15) is 42.8 Å². The summed E-state index contributed by atoms with van der Waals surface area (Å²) in [6.45, 7) is 5.27. The molecule has 0 bridgehead atoms. The third kappa shape index (κ3) is 2.51. The van der Waals surface area contributed by atoms with Crippen LogP contribution in [0.4, 0.5) is 0 Å². The minimum atomic E-state index is -1.26. The maximum atomic E-state index is 12.4.